The van der Waals surface area contributed by atoms with E-state index in [0.29, 0.717) is 0 Å². The fourth-order valence-electron chi connectivity index (χ4n) is 1.81. The summed E-state index contributed by atoms with van der Waals surface area (Å²) in [5.74, 6) is 0. The van der Waals surface area contributed by atoms with Crippen LogP contribution in [0, 0.1) is 25.2 Å². The van der Waals surface area contributed by atoms with Gasteiger partial charge in [0.2, 0.25) is 0 Å². The van der Waals surface area contributed by atoms with Crippen LogP contribution < -0.4 is 0 Å². The number of rotatable bonds is 2. The van der Waals surface area contributed by atoms with E-state index in [1.807, 2.05) is 38.1 Å². The summed E-state index contributed by atoms with van der Waals surface area (Å²) in [6.45, 7) is 4.70. The standard InChI is InChI=1S/C13H13N3/c1-10-7-12(8-14)11(2)16(10)9-13-5-3-4-6-15-13/h3-7H,9H2,1-2H3. The molecule has 0 aliphatic carbocycles. The third kappa shape index (κ3) is 1.82. The van der Waals surface area contributed by atoms with Gasteiger partial charge >= 0.3 is 0 Å². The van der Waals surface area contributed by atoms with Crippen molar-refractivity contribution in [3.05, 3.63) is 53.1 Å². The minimum absolute atomic E-state index is 0.722. The molecule has 3 nitrogen and oxygen atoms in total. The van der Waals surface area contributed by atoms with Crippen molar-refractivity contribution in [2.45, 2.75) is 20.4 Å². The van der Waals surface area contributed by atoms with E-state index in [1.54, 1.807) is 6.20 Å². The number of hydrogen-bond acceptors (Lipinski definition) is 2. The number of nitrogens with zero attached hydrogens (tertiary/aromatic N) is 3. The highest BCUT2D eigenvalue weighted by molar-refractivity contribution is 5.37. The van der Waals surface area contributed by atoms with E-state index in [2.05, 4.69) is 15.6 Å². The van der Waals surface area contributed by atoms with Crippen LogP contribution in [0.25, 0.3) is 0 Å². The van der Waals surface area contributed by atoms with Crippen LogP contribution in [0.5, 0.6) is 0 Å². The molecule has 16 heavy (non-hydrogen) atoms. The van der Waals surface area contributed by atoms with E-state index < -0.39 is 0 Å². The van der Waals surface area contributed by atoms with E-state index in [9.17, 15) is 0 Å². The maximum absolute atomic E-state index is 8.94. The molecular weight excluding hydrogens is 198 g/mol. The lowest BCUT2D eigenvalue weighted by Gasteiger charge is -2.08. The lowest BCUT2D eigenvalue weighted by Crippen LogP contribution is -2.05. The van der Waals surface area contributed by atoms with E-state index >= 15 is 0 Å². The van der Waals surface area contributed by atoms with Crippen LogP contribution in [0.15, 0.2) is 30.5 Å². The van der Waals surface area contributed by atoms with Crippen molar-refractivity contribution in [2.24, 2.45) is 0 Å². The fourth-order valence-corrected chi connectivity index (χ4v) is 1.81. The first-order valence-corrected chi connectivity index (χ1v) is 5.19. The summed E-state index contributed by atoms with van der Waals surface area (Å²) in [7, 11) is 0. The Balaban J connectivity index is 2.36. The van der Waals surface area contributed by atoms with Crippen LogP contribution in [-0.2, 0) is 6.54 Å². The molecule has 0 atom stereocenters. The number of pyridine rings is 1. The third-order valence-corrected chi connectivity index (χ3v) is 2.74. The molecule has 0 radical (unpaired) electrons. The van der Waals surface area contributed by atoms with Crippen LogP contribution in [0.1, 0.15) is 22.6 Å². The highest BCUT2D eigenvalue weighted by Gasteiger charge is 2.08. The van der Waals surface area contributed by atoms with E-state index in [4.69, 9.17) is 5.26 Å². The molecule has 80 valence electrons. The third-order valence-electron chi connectivity index (χ3n) is 2.74. The van der Waals surface area contributed by atoms with Crippen LogP contribution in [0.3, 0.4) is 0 Å². The summed E-state index contributed by atoms with van der Waals surface area (Å²) in [6, 6.07) is 9.98. The van der Waals surface area contributed by atoms with Gasteiger partial charge in [-0.25, -0.2) is 0 Å². The summed E-state index contributed by atoms with van der Waals surface area (Å²) in [5, 5.41) is 8.94. The Morgan fingerprint density at radius 2 is 2.19 bits per heavy atom. The van der Waals surface area contributed by atoms with Gasteiger partial charge in [-0.05, 0) is 32.0 Å². The van der Waals surface area contributed by atoms with E-state index in [0.717, 1.165) is 29.2 Å². The molecule has 0 bridgehead atoms. The van der Waals surface area contributed by atoms with Crippen molar-refractivity contribution < 1.29 is 0 Å². The van der Waals surface area contributed by atoms with Gasteiger partial charge in [0.1, 0.15) is 6.07 Å². The van der Waals surface area contributed by atoms with E-state index in [-0.39, 0.29) is 0 Å². The van der Waals surface area contributed by atoms with Crippen molar-refractivity contribution in [1.29, 1.82) is 5.26 Å². The monoisotopic (exact) mass is 211 g/mol. The summed E-state index contributed by atoms with van der Waals surface area (Å²) in [4.78, 5) is 4.29. The van der Waals surface area contributed by atoms with Gasteiger partial charge in [0.25, 0.3) is 0 Å². The highest BCUT2D eigenvalue weighted by Crippen LogP contribution is 2.15. The Bertz CT molecular complexity index is 532. The van der Waals surface area contributed by atoms with Gasteiger partial charge in [0, 0.05) is 17.6 Å². The molecule has 0 N–H and O–H groups in total. The largest absolute Gasteiger partial charge is 0.342 e. The minimum Gasteiger partial charge on any atom is -0.342 e. The molecule has 0 spiro atoms. The summed E-state index contributed by atoms with van der Waals surface area (Å²) in [6.07, 6.45) is 1.79. The van der Waals surface area contributed by atoms with Gasteiger partial charge < -0.3 is 4.57 Å². The fraction of sp³-hybridized carbons (Fsp3) is 0.231. The van der Waals surface area contributed by atoms with Gasteiger partial charge in [0.15, 0.2) is 0 Å². The van der Waals surface area contributed by atoms with Crippen molar-refractivity contribution in [3.8, 4) is 6.07 Å². The number of hydrogen-bond donors (Lipinski definition) is 0. The molecule has 0 fully saturated rings. The zero-order chi connectivity index (χ0) is 11.5. The SMILES string of the molecule is Cc1cc(C#N)c(C)n1Cc1ccccn1. The quantitative estimate of drug-likeness (QED) is 0.765. The first-order chi connectivity index (χ1) is 7.72. The molecule has 2 aromatic rings. The lowest BCUT2D eigenvalue weighted by atomic mass is 10.3. The van der Waals surface area contributed by atoms with Crippen LogP contribution in [-0.4, -0.2) is 9.55 Å². The second kappa shape index (κ2) is 4.19. The maximum atomic E-state index is 8.94. The van der Waals surface area contributed by atoms with Gasteiger partial charge in [-0.1, -0.05) is 6.07 Å². The van der Waals surface area contributed by atoms with Crippen LogP contribution >= 0.6 is 0 Å². The minimum atomic E-state index is 0.722. The van der Waals surface area contributed by atoms with Gasteiger partial charge in [0.05, 0.1) is 17.8 Å². The molecule has 0 aliphatic rings. The maximum Gasteiger partial charge on any atom is 0.101 e. The summed E-state index contributed by atoms with van der Waals surface area (Å²) < 4.78 is 2.11. The van der Waals surface area contributed by atoms with Gasteiger partial charge in [-0.2, -0.15) is 5.26 Å². The molecule has 0 saturated carbocycles. The first kappa shape index (κ1) is 10.4. The van der Waals surface area contributed by atoms with Gasteiger partial charge in [-0.3, -0.25) is 4.98 Å². The van der Waals surface area contributed by atoms with Gasteiger partial charge in [-0.15, -0.1) is 0 Å². The Hall–Kier alpha value is -2.08. The van der Waals surface area contributed by atoms with Crippen molar-refractivity contribution in [3.63, 3.8) is 0 Å². The summed E-state index contributed by atoms with van der Waals surface area (Å²) in [5.41, 5.74) is 3.85. The second-order valence-corrected chi connectivity index (χ2v) is 3.80. The topological polar surface area (TPSA) is 41.6 Å². The predicted molar refractivity (Wildman–Crippen MR) is 62.0 cm³/mol. The molecule has 2 aromatic heterocycles. The van der Waals surface area contributed by atoms with Crippen LogP contribution in [0.4, 0.5) is 0 Å². The number of nitriles is 1. The highest BCUT2D eigenvalue weighted by atomic mass is 15.0. The molecule has 0 aliphatic heterocycles. The molecule has 0 saturated heterocycles. The molecular formula is C13H13N3. The average molecular weight is 211 g/mol. The first-order valence-electron chi connectivity index (χ1n) is 5.19. The predicted octanol–water partition coefficient (Wildman–Crippen LogP) is 2.42. The second-order valence-electron chi connectivity index (χ2n) is 3.80. The molecule has 3 heteroatoms. The Morgan fingerprint density at radius 3 is 2.75 bits per heavy atom. The number of aryl methyl sites for hydroxylation is 1. The number of aromatic nitrogens is 2. The molecule has 2 rings (SSSR count). The zero-order valence-electron chi connectivity index (χ0n) is 9.44. The Morgan fingerprint density at radius 1 is 1.38 bits per heavy atom. The normalized spacial score (nSPS) is 10.1. The molecule has 0 amide bonds. The van der Waals surface area contributed by atoms with E-state index in [1.165, 1.54) is 0 Å². The van der Waals surface area contributed by atoms with Crippen molar-refractivity contribution in [2.75, 3.05) is 0 Å². The van der Waals surface area contributed by atoms with Crippen molar-refractivity contribution in [1.82, 2.24) is 9.55 Å². The lowest BCUT2D eigenvalue weighted by molar-refractivity contribution is 0.730. The average Bonchev–Trinajstić information content (AvgIpc) is 2.58. The Labute approximate surface area is 95.0 Å². The summed E-state index contributed by atoms with van der Waals surface area (Å²) >= 11 is 0. The molecule has 2 heterocycles. The molecule has 0 aromatic carbocycles. The Kier molecular flexibility index (Phi) is 2.74. The zero-order valence-corrected chi connectivity index (χ0v) is 9.44. The van der Waals surface area contributed by atoms with Crippen LogP contribution in [0.2, 0.25) is 0 Å². The van der Waals surface area contributed by atoms with Crippen molar-refractivity contribution >= 4 is 0 Å². The molecule has 0 unspecified atom stereocenters. The smallest absolute Gasteiger partial charge is 0.101 e.